The van der Waals surface area contributed by atoms with Gasteiger partial charge in [0.05, 0.1) is 17.0 Å². The third-order valence-corrected chi connectivity index (χ3v) is 3.35. The number of nitrogens with one attached hydrogen (secondary N) is 1. The van der Waals surface area contributed by atoms with Crippen molar-refractivity contribution in [1.82, 2.24) is 20.4 Å². The molecule has 0 saturated carbocycles. The molecule has 0 aliphatic rings. The Morgan fingerprint density at radius 1 is 1.00 bits per heavy atom. The molecule has 2 heterocycles. The maximum Gasteiger partial charge on any atom is 0.416 e. The van der Waals surface area contributed by atoms with E-state index in [0.717, 1.165) is 12.1 Å². The summed E-state index contributed by atoms with van der Waals surface area (Å²) in [7, 11) is 0. The third-order valence-electron chi connectivity index (χ3n) is 3.35. The Morgan fingerprint density at radius 3 is 2.44 bits per heavy atom. The van der Waals surface area contributed by atoms with Crippen molar-refractivity contribution in [2.75, 3.05) is 0 Å². The number of pyridine rings is 1. The lowest BCUT2D eigenvalue weighted by molar-refractivity contribution is -0.137. The number of hydrogen-bond acceptors (Lipinski definition) is 4. The smallest absolute Gasteiger partial charge is 0.247 e. The normalized spacial score (nSPS) is 11.6. The fraction of sp³-hybridized carbons (Fsp3) is 0.0588. The molecule has 1 aromatic carbocycles. The van der Waals surface area contributed by atoms with Crippen LogP contribution in [0.15, 0.2) is 42.5 Å². The fourth-order valence-electron chi connectivity index (χ4n) is 2.13. The quantitative estimate of drug-likeness (QED) is 0.783. The van der Waals surface area contributed by atoms with Crippen molar-refractivity contribution in [2.45, 2.75) is 6.18 Å². The number of nitrogens with zero attached hydrogens (tertiary/aromatic N) is 4. The van der Waals surface area contributed by atoms with Crippen molar-refractivity contribution < 1.29 is 13.2 Å². The van der Waals surface area contributed by atoms with E-state index in [-0.39, 0.29) is 5.69 Å². The van der Waals surface area contributed by atoms with Gasteiger partial charge in [-0.25, -0.2) is 4.98 Å². The molecule has 0 fully saturated rings. The van der Waals surface area contributed by atoms with Crippen molar-refractivity contribution in [3.8, 4) is 17.5 Å². The molecular formula is C17H10F3N5. The van der Waals surface area contributed by atoms with Gasteiger partial charge in [0.2, 0.25) is 0 Å². The summed E-state index contributed by atoms with van der Waals surface area (Å²) >= 11 is 0. The minimum Gasteiger partial charge on any atom is -0.247 e. The summed E-state index contributed by atoms with van der Waals surface area (Å²) in [5, 5.41) is 19.0. The lowest BCUT2D eigenvalue weighted by Crippen LogP contribution is -2.03. The third kappa shape index (κ3) is 3.72. The van der Waals surface area contributed by atoms with E-state index >= 15 is 0 Å². The standard InChI is InChI=1S/C17H10F3N5/c18-17(19,20)12-7-4-11(5-8-12)6-9-13-2-1-3-14(22-13)16-15(10-21)23-25-24-16/h1-9H,(H,23,24,25)/b9-6+. The molecule has 3 aromatic rings. The predicted octanol–water partition coefficient (Wildman–Crippen LogP) is 3.93. The van der Waals surface area contributed by atoms with E-state index in [0.29, 0.717) is 22.6 Å². The molecule has 0 atom stereocenters. The first-order valence-corrected chi connectivity index (χ1v) is 7.11. The van der Waals surface area contributed by atoms with Crippen LogP contribution in [0.3, 0.4) is 0 Å². The molecule has 5 nitrogen and oxygen atoms in total. The summed E-state index contributed by atoms with van der Waals surface area (Å²) in [5.74, 6) is 0. The molecule has 0 amide bonds. The first-order valence-electron chi connectivity index (χ1n) is 7.11. The Labute approximate surface area is 140 Å². The van der Waals surface area contributed by atoms with Gasteiger partial charge in [-0.15, -0.1) is 5.10 Å². The topological polar surface area (TPSA) is 78.2 Å². The summed E-state index contributed by atoms with van der Waals surface area (Å²) in [5.41, 5.74) is 1.44. The van der Waals surface area contributed by atoms with Gasteiger partial charge < -0.3 is 0 Å². The van der Waals surface area contributed by atoms with Gasteiger partial charge in [0, 0.05) is 0 Å². The highest BCUT2D eigenvalue weighted by Crippen LogP contribution is 2.29. The molecule has 1 N–H and O–H groups in total. The lowest BCUT2D eigenvalue weighted by Gasteiger charge is -2.05. The van der Waals surface area contributed by atoms with E-state index in [4.69, 9.17) is 5.26 Å². The second kappa shape index (κ2) is 6.57. The van der Waals surface area contributed by atoms with Crippen LogP contribution in [0, 0.1) is 11.3 Å². The Kier molecular flexibility index (Phi) is 4.31. The van der Waals surface area contributed by atoms with Crippen molar-refractivity contribution in [1.29, 1.82) is 5.26 Å². The highest BCUT2D eigenvalue weighted by Gasteiger charge is 2.29. The first-order chi connectivity index (χ1) is 12.0. The van der Waals surface area contributed by atoms with Gasteiger partial charge in [-0.2, -0.15) is 28.7 Å². The van der Waals surface area contributed by atoms with Crippen LogP contribution in [0.4, 0.5) is 13.2 Å². The summed E-state index contributed by atoms with van der Waals surface area (Å²) in [6, 6.07) is 11.9. The molecular weight excluding hydrogens is 331 g/mol. The molecule has 25 heavy (non-hydrogen) atoms. The highest BCUT2D eigenvalue weighted by molar-refractivity contribution is 5.70. The van der Waals surface area contributed by atoms with Gasteiger partial charge in [-0.05, 0) is 35.9 Å². The number of aromatic nitrogens is 4. The van der Waals surface area contributed by atoms with Crippen molar-refractivity contribution >= 4 is 12.2 Å². The zero-order valence-corrected chi connectivity index (χ0v) is 12.6. The molecule has 0 aliphatic heterocycles. The number of alkyl halides is 3. The van der Waals surface area contributed by atoms with Gasteiger partial charge in [0.25, 0.3) is 0 Å². The Balaban J connectivity index is 1.83. The van der Waals surface area contributed by atoms with Gasteiger partial charge in [-0.3, -0.25) is 0 Å². The second-order valence-electron chi connectivity index (χ2n) is 5.03. The van der Waals surface area contributed by atoms with Crippen LogP contribution in [-0.4, -0.2) is 20.4 Å². The maximum absolute atomic E-state index is 12.5. The number of aromatic amines is 1. The lowest BCUT2D eigenvalue weighted by atomic mass is 10.1. The van der Waals surface area contributed by atoms with Crippen molar-refractivity contribution in [3.05, 3.63) is 65.0 Å². The zero-order chi connectivity index (χ0) is 17.9. The van der Waals surface area contributed by atoms with E-state index < -0.39 is 11.7 Å². The average Bonchev–Trinajstić information content (AvgIpc) is 3.08. The molecule has 3 rings (SSSR count). The van der Waals surface area contributed by atoms with Crippen molar-refractivity contribution in [2.24, 2.45) is 0 Å². The fourth-order valence-corrected chi connectivity index (χ4v) is 2.13. The highest BCUT2D eigenvalue weighted by atomic mass is 19.4. The molecule has 0 unspecified atom stereocenters. The van der Waals surface area contributed by atoms with E-state index in [1.807, 2.05) is 6.07 Å². The number of nitriles is 1. The van der Waals surface area contributed by atoms with Crippen LogP contribution >= 0.6 is 0 Å². The van der Waals surface area contributed by atoms with E-state index in [1.165, 1.54) is 12.1 Å². The van der Waals surface area contributed by atoms with Gasteiger partial charge >= 0.3 is 6.18 Å². The zero-order valence-electron chi connectivity index (χ0n) is 12.6. The molecule has 0 spiro atoms. The molecule has 0 bridgehead atoms. The number of rotatable bonds is 3. The van der Waals surface area contributed by atoms with E-state index in [9.17, 15) is 13.2 Å². The summed E-state index contributed by atoms with van der Waals surface area (Å²) in [6.45, 7) is 0. The molecule has 0 saturated heterocycles. The number of H-pyrrole nitrogens is 1. The largest absolute Gasteiger partial charge is 0.416 e. The molecule has 0 radical (unpaired) electrons. The van der Waals surface area contributed by atoms with E-state index in [1.54, 1.807) is 30.4 Å². The first kappa shape index (κ1) is 16.4. The number of benzene rings is 1. The van der Waals surface area contributed by atoms with Crippen LogP contribution in [-0.2, 0) is 6.18 Å². The molecule has 124 valence electrons. The van der Waals surface area contributed by atoms with E-state index in [2.05, 4.69) is 20.4 Å². The van der Waals surface area contributed by atoms with Crippen LogP contribution in [0.25, 0.3) is 23.5 Å². The van der Waals surface area contributed by atoms with Gasteiger partial charge in [0.1, 0.15) is 11.8 Å². The summed E-state index contributed by atoms with van der Waals surface area (Å²) in [4.78, 5) is 4.36. The van der Waals surface area contributed by atoms with Crippen molar-refractivity contribution in [3.63, 3.8) is 0 Å². The van der Waals surface area contributed by atoms with Gasteiger partial charge in [0.15, 0.2) is 5.69 Å². The SMILES string of the molecule is N#Cc1n[nH]nc1-c1cccc(/C=C/c2ccc(C(F)(F)F)cc2)n1. The predicted molar refractivity (Wildman–Crippen MR) is 84.7 cm³/mol. The number of halogens is 3. The molecule has 8 heteroatoms. The Morgan fingerprint density at radius 2 is 1.76 bits per heavy atom. The minimum atomic E-state index is -4.35. The van der Waals surface area contributed by atoms with Crippen LogP contribution in [0.5, 0.6) is 0 Å². The Hall–Kier alpha value is -3.47. The minimum absolute atomic E-state index is 0.136. The summed E-state index contributed by atoms with van der Waals surface area (Å²) in [6.07, 6.45) is -1.04. The second-order valence-corrected chi connectivity index (χ2v) is 5.03. The van der Waals surface area contributed by atoms with Gasteiger partial charge in [-0.1, -0.05) is 24.3 Å². The number of hydrogen-bond donors (Lipinski definition) is 1. The monoisotopic (exact) mass is 341 g/mol. The molecule has 2 aromatic heterocycles. The van der Waals surface area contributed by atoms with Crippen LogP contribution in [0.2, 0.25) is 0 Å². The Bertz CT molecular complexity index is 949. The summed E-state index contributed by atoms with van der Waals surface area (Å²) < 4.78 is 37.6. The molecule has 0 aliphatic carbocycles. The average molecular weight is 341 g/mol. The maximum atomic E-state index is 12.5. The van der Waals surface area contributed by atoms with Crippen LogP contribution in [0.1, 0.15) is 22.5 Å². The van der Waals surface area contributed by atoms with Crippen LogP contribution < -0.4 is 0 Å².